The molecule has 1 saturated carbocycles. The highest BCUT2D eigenvalue weighted by molar-refractivity contribution is 5.99. The summed E-state index contributed by atoms with van der Waals surface area (Å²) in [7, 11) is 0. The molecule has 80 valence electrons. The SMILES string of the molecule is CC12OC1C1(CCC(=O)O1)C1OC1C2=O. The number of ketones is 1. The van der Waals surface area contributed by atoms with Gasteiger partial charge in [-0.1, -0.05) is 0 Å². The molecule has 0 N–H and O–H groups in total. The lowest BCUT2D eigenvalue weighted by atomic mass is 9.77. The van der Waals surface area contributed by atoms with E-state index in [0.29, 0.717) is 12.8 Å². The van der Waals surface area contributed by atoms with E-state index in [9.17, 15) is 9.59 Å². The van der Waals surface area contributed by atoms with Crippen LogP contribution in [-0.4, -0.2) is 41.3 Å². The summed E-state index contributed by atoms with van der Waals surface area (Å²) in [5.74, 6) is -0.206. The summed E-state index contributed by atoms with van der Waals surface area (Å²) in [6.07, 6.45) is 0.0708. The molecule has 15 heavy (non-hydrogen) atoms. The van der Waals surface area contributed by atoms with Crippen molar-refractivity contribution in [3.8, 4) is 0 Å². The largest absolute Gasteiger partial charge is 0.453 e. The second kappa shape index (κ2) is 1.97. The average Bonchev–Trinajstić information content (AvgIpc) is 3.06. The number of rotatable bonds is 0. The van der Waals surface area contributed by atoms with E-state index in [1.54, 1.807) is 6.92 Å². The van der Waals surface area contributed by atoms with Crippen molar-refractivity contribution in [2.45, 2.75) is 49.3 Å². The van der Waals surface area contributed by atoms with Crippen LogP contribution in [0.15, 0.2) is 0 Å². The fourth-order valence-corrected chi connectivity index (χ4v) is 3.08. The molecule has 3 heterocycles. The lowest BCUT2D eigenvalue weighted by Gasteiger charge is -2.27. The first-order chi connectivity index (χ1) is 7.08. The number of carbonyl (C=O) groups is 2. The van der Waals surface area contributed by atoms with Gasteiger partial charge in [-0.15, -0.1) is 0 Å². The molecule has 5 heteroatoms. The minimum Gasteiger partial charge on any atom is -0.453 e. The van der Waals surface area contributed by atoms with Crippen LogP contribution < -0.4 is 0 Å². The molecule has 0 radical (unpaired) electrons. The summed E-state index contributed by atoms with van der Waals surface area (Å²) in [5, 5.41) is 0. The third kappa shape index (κ3) is 0.721. The smallest absolute Gasteiger partial charge is 0.306 e. The van der Waals surface area contributed by atoms with Gasteiger partial charge in [0.1, 0.15) is 18.3 Å². The van der Waals surface area contributed by atoms with Crippen LogP contribution >= 0.6 is 0 Å². The molecule has 4 aliphatic rings. The summed E-state index contributed by atoms with van der Waals surface area (Å²) in [6, 6.07) is 0. The van der Waals surface area contributed by atoms with Gasteiger partial charge < -0.3 is 14.2 Å². The van der Waals surface area contributed by atoms with Crippen molar-refractivity contribution in [2.24, 2.45) is 0 Å². The number of esters is 1. The summed E-state index contributed by atoms with van der Waals surface area (Å²) < 4.78 is 16.2. The zero-order valence-corrected chi connectivity index (χ0v) is 8.19. The van der Waals surface area contributed by atoms with Crippen LogP contribution in [0.1, 0.15) is 19.8 Å². The molecule has 5 atom stereocenters. The maximum absolute atomic E-state index is 11.8. The van der Waals surface area contributed by atoms with Crippen LogP contribution in [0.25, 0.3) is 0 Å². The lowest BCUT2D eigenvalue weighted by Crippen LogP contribution is -2.52. The predicted octanol–water partition coefficient (Wildman–Crippen LogP) is -0.430. The van der Waals surface area contributed by atoms with Gasteiger partial charge in [0.2, 0.25) is 0 Å². The number of epoxide rings is 2. The Hall–Kier alpha value is -0.940. The zero-order valence-electron chi connectivity index (χ0n) is 8.19. The summed E-state index contributed by atoms with van der Waals surface area (Å²) >= 11 is 0. The lowest BCUT2D eigenvalue weighted by molar-refractivity contribution is -0.152. The molecular formula is C10H10O5. The summed E-state index contributed by atoms with van der Waals surface area (Å²) in [4.78, 5) is 23.0. The van der Waals surface area contributed by atoms with E-state index in [-0.39, 0.29) is 24.0 Å². The van der Waals surface area contributed by atoms with Gasteiger partial charge in [-0.05, 0) is 6.92 Å². The number of carbonyl (C=O) groups excluding carboxylic acids is 2. The molecule has 1 aliphatic carbocycles. The van der Waals surface area contributed by atoms with Crippen LogP contribution in [0, 0.1) is 0 Å². The minimum atomic E-state index is -0.762. The number of hydrogen-bond acceptors (Lipinski definition) is 5. The number of fused-ring (bicyclic) bond motifs is 4. The molecule has 0 aromatic heterocycles. The van der Waals surface area contributed by atoms with Gasteiger partial charge in [-0.3, -0.25) is 9.59 Å². The molecule has 3 aliphatic heterocycles. The maximum atomic E-state index is 11.8. The van der Waals surface area contributed by atoms with E-state index in [2.05, 4.69) is 0 Å². The van der Waals surface area contributed by atoms with Crippen LogP contribution in [0.2, 0.25) is 0 Å². The monoisotopic (exact) mass is 210 g/mol. The Morgan fingerprint density at radius 3 is 2.87 bits per heavy atom. The highest BCUT2D eigenvalue weighted by Crippen LogP contribution is 2.61. The number of ether oxygens (including phenoxy) is 3. The van der Waals surface area contributed by atoms with Crippen molar-refractivity contribution in [1.82, 2.24) is 0 Å². The molecule has 3 saturated heterocycles. The van der Waals surface area contributed by atoms with Gasteiger partial charge >= 0.3 is 5.97 Å². The first-order valence-electron chi connectivity index (χ1n) is 5.17. The first kappa shape index (κ1) is 8.24. The third-order valence-corrected chi connectivity index (χ3v) is 3.99. The van der Waals surface area contributed by atoms with Gasteiger partial charge in [0.15, 0.2) is 17.0 Å². The van der Waals surface area contributed by atoms with Crippen LogP contribution in [0.5, 0.6) is 0 Å². The van der Waals surface area contributed by atoms with Crippen molar-refractivity contribution in [1.29, 1.82) is 0 Å². The second-order valence-electron chi connectivity index (χ2n) is 4.88. The van der Waals surface area contributed by atoms with Gasteiger partial charge in [0.25, 0.3) is 0 Å². The standard InChI is InChI=1S/C10H10O5/c1-9-6(12)5-7(13-5)10(8(9)15-9)3-2-4(11)14-10/h5,7-8H,2-3H2,1H3. The molecule has 1 spiro atoms. The fraction of sp³-hybridized carbons (Fsp3) is 0.800. The Bertz CT molecular complexity index is 405. The molecule has 0 aromatic carbocycles. The van der Waals surface area contributed by atoms with Crippen LogP contribution in [0.4, 0.5) is 0 Å². The van der Waals surface area contributed by atoms with Crippen molar-refractivity contribution in [3.63, 3.8) is 0 Å². The minimum absolute atomic E-state index is 0.00562. The Kier molecular flexibility index (Phi) is 1.08. The quantitative estimate of drug-likeness (QED) is 0.401. The Morgan fingerprint density at radius 2 is 2.20 bits per heavy atom. The Labute approximate surface area is 85.7 Å². The molecule has 0 aromatic rings. The van der Waals surface area contributed by atoms with E-state index in [1.807, 2.05) is 0 Å². The molecule has 4 fully saturated rings. The van der Waals surface area contributed by atoms with Crippen molar-refractivity contribution in [3.05, 3.63) is 0 Å². The van der Waals surface area contributed by atoms with Crippen LogP contribution in [0.3, 0.4) is 0 Å². The molecule has 5 unspecified atom stereocenters. The van der Waals surface area contributed by atoms with Crippen LogP contribution in [-0.2, 0) is 23.8 Å². The van der Waals surface area contributed by atoms with Gasteiger partial charge in [0, 0.05) is 12.8 Å². The van der Waals surface area contributed by atoms with Crippen molar-refractivity contribution in [2.75, 3.05) is 0 Å². The summed E-state index contributed by atoms with van der Waals surface area (Å²) in [5.41, 5.74) is -1.42. The molecule has 5 nitrogen and oxygen atoms in total. The highest BCUT2D eigenvalue weighted by atomic mass is 16.7. The highest BCUT2D eigenvalue weighted by Gasteiger charge is 2.83. The van der Waals surface area contributed by atoms with Crippen molar-refractivity contribution >= 4 is 11.8 Å². The Morgan fingerprint density at radius 1 is 1.40 bits per heavy atom. The fourth-order valence-electron chi connectivity index (χ4n) is 3.08. The van der Waals surface area contributed by atoms with Crippen molar-refractivity contribution < 1.29 is 23.8 Å². The summed E-state index contributed by atoms with van der Waals surface area (Å²) in [6.45, 7) is 1.76. The molecule has 0 bridgehead atoms. The predicted molar refractivity (Wildman–Crippen MR) is 45.0 cm³/mol. The number of Topliss-reactive ketones (excluding diaryl/α,β-unsaturated/α-hetero) is 1. The van der Waals surface area contributed by atoms with E-state index >= 15 is 0 Å². The van der Waals surface area contributed by atoms with Gasteiger partial charge in [0.05, 0.1) is 0 Å². The topological polar surface area (TPSA) is 68.4 Å². The second-order valence-corrected chi connectivity index (χ2v) is 4.88. The van der Waals surface area contributed by atoms with E-state index in [4.69, 9.17) is 14.2 Å². The first-order valence-corrected chi connectivity index (χ1v) is 5.17. The Balaban J connectivity index is 1.78. The van der Waals surface area contributed by atoms with E-state index in [0.717, 1.165) is 0 Å². The third-order valence-electron chi connectivity index (χ3n) is 3.99. The molecule has 0 amide bonds. The van der Waals surface area contributed by atoms with E-state index < -0.39 is 17.3 Å². The zero-order chi connectivity index (χ0) is 10.4. The molecular weight excluding hydrogens is 200 g/mol. The van der Waals surface area contributed by atoms with Gasteiger partial charge in [-0.25, -0.2) is 0 Å². The molecule has 4 rings (SSSR count). The normalized spacial score (nSPS) is 59.9. The van der Waals surface area contributed by atoms with Gasteiger partial charge in [-0.2, -0.15) is 0 Å². The van der Waals surface area contributed by atoms with E-state index in [1.165, 1.54) is 0 Å². The number of hydrogen-bond donors (Lipinski definition) is 0. The average molecular weight is 210 g/mol. The maximum Gasteiger partial charge on any atom is 0.306 e.